The van der Waals surface area contributed by atoms with E-state index in [9.17, 15) is 9.18 Å². The summed E-state index contributed by atoms with van der Waals surface area (Å²) in [6.45, 7) is 2.49. The molecule has 1 amide bonds. The first-order valence-electron chi connectivity index (χ1n) is 9.25. The van der Waals surface area contributed by atoms with Crippen molar-refractivity contribution in [3.8, 4) is 0 Å². The number of hydrogen-bond acceptors (Lipinski definition) is 2. The summed E-state index contributed by atoms with van der Waals surface area (Å²) in [7, 11) is 0. The first-order chi connectivity index (χ1) is 12.1. The van der Waals surface area contributed by atoms with E-state index in [0.717, 1.165) is 35.9 Å². The molecule has 1 saturated carbocycles. The van der Waals surface area contributed by atoms with Crippen LogP contribution in [-0.4, -0.2) is 29.1 Å². The second-order valence-electron chi connectivity index (χ2n) is 7.59. The quantitative estimate of drug-likeness (QED) is 0.891. The molecule has 1 aliphatic heterocycles. The van der Waals surface area contributed by atoms with Crippen LogP contribution in [0.25, 0.3) is 10.9 Å². The normalized spacial score (nSPS) is 22.6. The van der Waals surface area contributed by atoms with Gasteiger partial charge in [0, 0.05) is 11.1 Å². The first-order valence-corrected chi connectivity index (χ1v) is 9.25. The lowest BCUT2D eigenvalue weighted by atomic mass is 9.82. The molecule has 1 spiro atoms. The van der Waals surface area contributed by atoms with Crippen molar-refractivity contribution in [1.29, 1.82) is 0 Å². The van der Waals surface area contributed by atoms with Gasteiger partial charge < -0.3 is 15.0 Å². The zero-order valence-corrected chi connectivity index (χ0v) is 14.7. The van der Waals surface area contributed by atoms with Crippen molar-refractivity contribution < 1.29 is 13.9 Å². The molecule has 2 aliphatic rings. The molecule has 1 atom stereocenters. The smallest absolute Gasteiger partial charge is 0.224 e. The molecule has 1 aliphatic carbocycles. The second-order valence-corrected chi connectivity index (χ2v) is 7.59. The van der Waals surface area contributed by atoms with Crippen molar-refractivity contribution in [2.75, 3.05) is 6.61 Å². The van der Waals surface area contributed by atoms with Gasteiger partial charge in [0.2, 0.25) is 5.91 Å². The van der Waals surface area contributed by atoms with Crippen molar-refractivity contribution >= 4 is 16.8 Å². The maximum absolute atomic E-state index is 13.9. The minimum absolute atomic E-state index is 0.00394. The molecule has 25 heavy (non-hydrogen) atoms. The van der Waals surface area contributed by atoms with E-state index in [2.05, 4.69) is 10.3 Å². The lowest BCUT2D eigenvalue weighted by molar-refractivity contribution is -0.121. The maximum atomic E-state index is 13.9. The number of nitrogens with one attached hydrogen (secondary N) is 2. The standard InChI is InChI=1S/C20H25FN2O2/c1-13-16(15-6-5-7-17(21)19(15)22-13)10-18(24)23-14-11-20(25-12-14)8-3-2-4-9-20/h5-7,14,22H,2-4,8-12H2,1H3,(H,23,24)/t14-/m1/s1. The molecule has 1 aromatic heterocycles. The number of carbonyl (C=O) groups is 1. The van der Waals surface area contributed by atoms with Gasteiger partial charge in [-0.15, -0.1) is 0 Å². The number of aromatic nitrogens is 1. The minimum atomic E-state index is -0.282. The molecule has 5 heteroatoms. The molecular weight excluding hydrogens is 319 g/mol. The number of aryl methyl sites for hydroxylation is 1. The van der Waals surface area contributed by atoms with E-state index in [1.807, 2.05) is 13.0 Å². The fourth-order valence-electron chi connectivity index (χ4n) is 4.52. The molecule has 0 unspecified atom stereocenters. The summed E-state index contributed by atoms with van der Waals surface area (Å²) in [4.78, 5) is 15.6. The van der Waals surface area contributed by atoms with Crippen molar-refractivity contribution in [2.45, 2.75) is 63.5 Å². The number of para-hydroxylation sites is 1. The van der Waals surface area contributed by atoms with Crippen LogP contribution in [0.2, 0.25) is 0 Å². The van der Waals surface area contributed by atoms with Crippen LogP contribution in [0.4, 0.5) is 4.39 Å². The molecular formula is C20H25FN2O2. The number of carbonyl (C=O) groups excluding carboxylic acids is 1. The number of halogens is 1. The Morgan fingerprint density at radius 1 is 1.36 bits per heavy atom. The van der Waals surface area contributed by atoms with Gasteiger partial charge in [0.05, 0.1) is 30.2 Å². The number of ether oxygens (including phenoxy) is 1. The Hall–Kier alpha value is -1.88. The van der Waals surface area contributed by atoms with Gasteiger partial charge in [0.1, 0.15) is 5.82 Å². The van der Waals surface area contributed by atoms with E-state index in [0.29, 0.717) is 12.1 Å². The Bertz CT molecular complexity index is 792. The van der Waals surface area contributed by atoms with Crippen molar-refractivity contribution in [2.24, 2.45) is 0 Å². The molecule has 134 valence electrons. The number of H-pyrrole nitrogens is 1. The van der Waals surface area contributed by atoms with E-state index in [1.54, 1.807) is 6.07 Å². The molecule has 1 aromatic carbocycles. The third kappa shape index (κ3) is 3.17. The fraction of sp³-hybridized carbons (Fsp3) is 0.550. The lowest BCUT2D eigenvalue weighted by Crippen LogP contribution is -2.38. The van der Waals surface area contributed by atoms with Crippen LogP contribution >= 0.6 is 0 Å². The molecule has 0 bridgehead atoms. The Morgan fingerprint density at radius 2 is 2.16 bits per heavy atom. The zero-order chi connectivity index (χ0) is 17.4. The van der Waals surface area contributed by atoms with Gasteiger partial charge in [0.25, 0.3) is 0 Å². The number of fused-ring (bicyclic) bond motifs is 1. The average Bonchev–Trinajstić information content (AvgIpc) is 3.11. The van der Waals surface area contributed by atoms with Gasteiger partial charge >= 0.3 is 0 Å². The first kappa shape index (κ1) is 16.6. The topological polar surface area (TPSA) is 54.1 Å². The van der Waals surface area contributed by atoms with Crippen LogP contribution in [0, 0.1) is 12.7 Å². The third-order valence-corrected chi connectivity index (χ3v) is 5.78. The number of benzene rings is 1. The monoisotopic (exact) mass is 344 g/mol. The highest BCUT2D eigenvalue weighted by atomic mass is 19.1. The number of amides is 1. The van der Waals surface area contributed by atoms with Crippen LogP contribution in [0.3, 0.4) is 0 Å². The van der Waals surface area contributed by atoms with Crippen molar-refractivity contribution in [3.63, 3.8) is 0 Å². The summed E-state index contributed by atoms with van der Waals surface area (Å²) in [5, 5.41) is 3.91. The van der Waals surface area contributed by atoms with Crippen LogP contribution < -0.4 is 5.32 Å². The highest BCUT2D eigenvalue weighted by Crippen LogP contribution is 2.39. The lowest BCUT2D eigenvalue weighted by Gasteiger charge is -2.32. The van der Waals surface area contributed by atoms with E-state index < -0.39 is 0 Å². The summed E-state index contributed by atoms with van der Waals surface area (Å²) >= 11 is 0. The summed E-state index contributed by atoms with van der Waals surface area (Å²) < 4.78 is 20.0. The number of aromatic amines is 1. The molecule has 2 N–H and O–H groups in total. The van der Waals surface area contributed by atoms with E-state index in [4.69, 9.17) is 4.74 Å². The van der Waals surface area contributed by atoms with Gasteiger partial charge in [0.15, 0.2) is 0 Å². The van der Waals surface area contributed by atoms with Gasteiger partial charge in [-0.1, -0.05) is 31.4 Å². The van der Waals surface area contributed by atoms with E-state index in [1.165, 1.54) is 25.3 Å². The summed E-state index contributed by atoms with van der Waals surface area (Å²) in [5.74, 6) is -0.301. The van der Waals surface area contributed by atoms with Crippen molar-refractivity contribution in [3.05, 3.63) is 35.3 Å². The predicted octanol–water partition coefficient (Wildman–Crippen LogP) is 3.77. The predicted molar refractivity (Wildman–Crippen MR) is 95.0 cm³/mol. The second kappa shape index (κ2) is 6.45. The molecule has 4 nitrogen and oxygen atoms in total. The molecule has 0 radical (unpaired) electrons. The molecule has 2 aromatic rings. The van der Waals surface area contributed by atoms with Gasteiger partial charge in [-0.2, -0.15) is 0 Å². The third-order valence-electron chi connectivity index (χ3n) is 5.78. The van der Waals surface area contributed by atoms with Gasteiger partial charge in [-0.25, -0.2) is 4.39 Å². The van der Waals surface area contributed by atoms with Crippen LogP contribution in [0.15, 0.2) is 18.2 Å². The van der Waals surface area contributed by atoms with Crippen LogP contribution in [-0.2, 0) is 16.0 Å². The SMILES string of the molecule is Cc1[nH]c2c(F)cccc2c1CC(=O)N[C@H]1COC2(CCCCC2)C1. The highest BCUT2D eigenvalue weighted by Gasteiger charge is 2.41. The Kier molecular flexibility index (Phi) is 4.28. The Labute approximate surface area is 147 Å². The maximum Gasteiger partial charge on any atom is 0.224 e. The van der Waals surface area contributed by atoms with Crippen LogP contribution in [0.1, 0.15) is 49.8 Å². The number of rotatable bonds is 3. The largest absolute Gasteiger partial charge is 0.373 e. The molecule has 1 saturated heterocycles. The van der Waals surface area contributed by atoms with Crippen molar-refractivity contribution in [1.82, 2.24) is 10.3 Å². The fourth-order valence-corrected chi connectivity index (χ4v) is 4.52. The van der Waals surface area contributed by atoms with E-state index >= 15 is 0 Å². The molecule has 2 heterocycles. The van der Waals surface area contributed by atoms with Gasteiger partial charge in [-0.05, 0) is 37.8 Å². The molecule has 2 fully saturated rings. The summed E-state index contributed by atoms with van der Waals surface area (Å²) in [6, 6.07) is 5.07. The Balaban J connectivity index is 1.43. The molecule has 4 rings (SSSR count). The summed E-state index contributed by atoms with van der Waals surface area (Å²) in [5.41, 5.74) is 2.20. The summed E-state index contributed by atoms with van der Waals surface area (Å²) in [6.07, 6.45) is 7.14. The number of hydrogen-bond donors (Lipinski definition) is 2. The Morgan fingerprint density at radius 3 is 2.96 bits per heavy atom. The average molecular weight is 344 g/mol. The van der Waals surface area contributed by atoms with E-state index in [-0.39, 0.29) is 29.8 Å². The zero-order valence-electron chi connectivity index (χ0n) is 14.7. The minimum Gasteiger partial charge on any atom is -0.373 e. The highest BCUT2D eigenvalue weighted by molar-refractivity contribution is 5.90. The van der Waals surface area contributed by atoms with Gasteiger partial charge in [-0.3, -0.25) is 4.79 Å². The van der Waals surface area contributed by atoms with Crippen LogP contribution in [0.5, 0.6) is 0 Å².